The molecule has 0 aliphatic heterocycles. The van der Waals surface area contributed by atoms with E-state index in [1.807, 2.05) is 0 Å². The lowest BCUT2D eigenvalue weighted by Crippen LogP contribution is -2.55. The molecule has 4 rings (SSSR count). The minimum absolute atomic E-state index is 0.0673. The molecule has 3 saturated carbocycles. The minimum Gasteiger partial charge on any atom is -0.445 e. The molecule has 0 aromatic rings. The molecule has 0 heterocycles. The summed E-state index contributed by atoms with van der Waals surface area (Å²) in [5.74, 6) is 5.25. The van der Waals surface area contributed by atoms with Gasteiger partial charge in [0.05, 0.1) is 5.71 Å². The molecule has 3 fully saturated rings. The SMILES string of the molecule is C#C[C@]1(OC(C)=O)CC[C@H]2[C@H]3CCC4=C/C(=N/O)CC[C@H]4[C@H]3CC[C@@]21CC. The highest BCUT2D eigenvalue weighted by atomic mass is 16.6. The largest absolute Gasteiger partial charge is 0.445 e. The van der Waals surface area contributed by atoms with Crippen LogP contribution in [0.2, 0.25) is 0 Å². The fourth-order valence-corrected chi connectivity index (χ4v) is 7.45. The summed E-state index contributed by atoms with van der Waals surface area (Å²) in [5.41, 5.74) is 1.53. The van der Waals surface area contributed by atoms with Crippen LogP contribution in [-0.4, -0.2) is 22.5 Å². The summed E-state index contributed by atoms with van der Waals surface area (Å²) in [6.07, 6.45) is 17.5. The molecule has 4 aliphatic carbocycles. The second-order valence-corrected chi connectivity index (χ2v) is 9.08. The Balaban J connectivity index is 1.66. The lowest BCUT2D eigenvalue weighted by atomic mass is 9.49. The van der Waals surface area contributed by atoms with Crippen molar-refractivity contribution >= 4 is 11.7 Å². The van der Waals surface area contributed by atoms with E-state index in [9.17, 15) is 4.79 Å². The van der Waals surface area contributed by atoms with Crippen LogP contribution in [0.5, 0.6) is 0 Å². The molecule has 0 aromatic carbocycles. The third-order valence-corrected chi connectivity index (χ3v) is 8.45. The smallest absolute Gasteiger partial charge is 0.304 e. The lowest BCUT2D eigenvalue weighted by Gasteiger charge is -2.56. The van der Waals surface area contributed by atoms with Gasteiger partial charge in [0.25, 0.3) is 0 Å². The predicted molar refractivity (Wildman–Crippen MR) is 104 cm³/mol. The molecule has 27 heavy (non-hydrogen) atoms. The van der Waals surface area contributed by atoms with Gasteiger partial charge in [0.1, 0.15) is 0 Å². The van der Waals surface area contributed by atoms with Crippen LogP contribution in [0, 0.1) is 41.4 Å². The molecule has 0 saturated heterocycles. The zero-order valence-electron chi connectivity index (χ0n) is 16.5. The maximum absolute atomic E-state index is 11.9. The molecule has 0 aromatic heterocycles. The molecule has 6 atom stereocenters. The number of carbonyl (C=O) groups is 1. The molecule has 0 radical (unpaired) electrons. The highest BCUT2D eigenvalue weighted by Gasteiger charge is 2.65. The molecule has 1 N–H and O–H groups in total. The molecule has 4 nitrogen and oxygen atoms in total. The van der Waals surface area contributed by atoms with Crippen molar-refractivity contribution in [1.29, 1.82) is 0 Å². The quantitative estimate of drug-likeness (QED) is 0.332. The van der Waals surface area contributed by atoms with Gasteiger partial charge in [-0.3, -0.25) is 4.79 Å². The molecule has 146 valence electrons. The number of fused-ring (bicyclic) bond motifs is 5. The van der Waals surface area contributed by atoms with Crippen LogP contribution >= 0.6 is 0 Å². The van der Waals surface area contributed by atoms with Gasteiger partial charge in [-0.25, -0.2) is 0 Å². The van der Waals surface area contributed by atoms with E-state index in [-0.39, 0.29) is 11.4 Å². The van der Waals surface area contributed by atoms with Crippen molar-refractivity contribution in [2.75, 3.05) is 0 Å². The topological polar surface area (TPSA) is 58.9 Å². The maximum Gasteiger partial charge on any atom is 0.304 e. The van der Waals surface area contributed by atoms with E-state index in [4.69, 9.17) is 16.4 Å². The predicted octanol–water partition coefficient (Wildman–Crippen LogP) is 4.71. The van der Waals surface area contributed by atoms with Gasteiger partial charge in [-0.1, -0.05) is 23.6 Å². The molecule has 0 unspecified atom stereocenters. The number of rotatable bonds is 2. The summed E-state index contributed by atoms with van der Waals surface area (Å²) in [5, 5.41) is 12.6. The summed E-state index contributed by atoms with van der Waals surface area (Å²) >= 11 is 0. The average molecular weight is 370 g/mol. The van der Waals surface area contributed by atoms with Crippen molar-refractivity contribution in [1.82, 2.24) is 0 Å². The van der Waals surface area contributed by atoms with Gasteiger partial charge in [0, 0.05) is 12.3 Å². The Morgan fingerprint density at radius 2 is 2.11 bits per heavy atom. The lowest BCUT2D eigenvalue weighted by molar-refractivity contribution is -0.170. The Morgan fingerprint density at radius 3 is 2.78 bits per heavy atom. The number of terminal acetylenes is 1. The van der Waals surface area contributed by atoms with E-state index in [1.165, 1.54) is 18.9 Å². The van der Waals surface area contributed by atoms with Crippen LogP contribution in [0.15, 0.2) is 16.8 Å². The number of esters is 1. The van der Waals surface area contributed by atoms with Crippen LogP contribution in [0.3, 0.4) is 0 Å². The molecule has 4 heteroatoms. The number of allylic oxidation sites excluding steroid dienone is 2. The van der Waals surface area contributed by atoms with E-state index in [0.717, 1.165) is 57.1 Å². The van der Waals surface area contributed by atoms with Gasteiger partial charge >= 0.3 is 5.97 Å². The van der Waals surface area contributed by atoms with E-state index in [0.29, 0.717) is 23.7 Å². The van der Waals surface area contributed by atoms with Gasteiger partial charge in [-0.05, 0) is 87.5 Å². The number of hydrogen-bond acceptors (Lipinski definition) is 4. The summed E-state index contributed by atoms with van der Waals surface area (Å²) in [6, 6.07) is 0. The van der Waals surface area contributed by atoms with Crippen LogP contribution < -0.4 is 0 Å². The van der Waals surface area contributed by atoms with Crippen LogP contribution in [0.4, 0.5) is 0 Å². The highest BCUT2D eigenvalue weighted by Crippen LogP contribution is 2.67. The van der Waals surface area contributed by atoms with Crippen molar-refractivity contribution in [3.8, 4) is 12.3 Å². The minimum atomic E-state index is -0.720. The van der Waals surface area contributed by atoms with Crippen molar-refractivity contribution < 1.29 is 14.7 Å². The van der Waals surface area contributed by atoms with E-state index >= 15 is 0 Å². The molecule has 0 bridgehead atoms. The molecule has 4 aliphatic rings. The first-order valence-corrected chi connectivity index (χ1v) is 10.6. The Morgan fingerprint density at radius 1 is 1.30 bits per heavy atom. The standard InChI is InChI=1S/C23H31NO3/c1-4-22-12-10-19-18-9-7-17(24-26)14-16(18)6-8-20(19)21(22)11-13-23(22,5-2)27-15(3)25/h2,14,18-21,26H,4,6-13H2,1,3H3/b24-17+/t18-,19-,20+,21+,22+,23+/m1/s1. The fourth-order valence-electron chi connectivity index (χ4n) is 7.45. The Bertz CT molecular complexity index is 732. The third-order valence-electron chi connectivity index (χ3n) is 8.45. The third kappa shape index (κ3) is 2.57. The Kier molecular flexibility index (Phi) is 4.61. The summed E-state index contributed by atoms with van der Waals surface area (Å²) in [6.45, 7) is 3.72. The van der Waals surface area contributed by atoms with Crippen molar-refractivity contribution in [3.63, 3.8) is 0 Å². The van der Waals surface area contributed by atoms with Gasteiger partial charge in [0.2, 0.25) is 0 Å². The summed E-state index contributed by atoms with van der Waals surface area (Å²) in [4.78, 5) is 11.9. The fraction of sp³-hybridized carbons (Fsp3) is 0.739. The second-order valence-electron chi connectivity index (χ2n) is 9.08. The van der Waals surface area contributed by atoms with E-state index < -0.39 is 5.60 Å². The first-order chi connectivity index (χ1) is 13.0. The number of carbonyl (C=O) groups excluding carboxylic acids is 1. The summed E-state index contributed by atoms with van der Waals surface area (Å²) in [7, 11) is 0. The molecular formula is C23H31NO3. The number of hydrogen-bond donors (Lipinski definition) is 1. The molecular weight excluding hydrogens is 338 g/mol. The van der Waals surface area contributed by atoms with E-state index in [1.54, 1.807) is 0 Å². The normalized spacial score (nSPS) is 44.5. The molecule has 0 amide bonds. The van der Waals surface area contributed by atoms with Crippen molar-refractivity contribution in [3.05, 3.63) is 11.6 Å². The van der Waals surface area contributed by atoms with Crippen molar-refractivity contribution in [2.45, 2.75) is 77.2 Å². The monoisotopic (exact) mass is 369 g/mol. The zero-order chi connectivity index (χ0) is 19.2. The number of ether oxygens (including phenoxy) is 1. The van der Waals surface area contributed by atoms with Gasteiger partial charge in [-0.15, -0.1) is 6.42 Å². The second kappa shape index (κ2) is 6.69. The van der Waals surface area contributed by atoms with Gasteiger partial charge in [-0.2, -0.15) is 0 Å². The maximum atomic E-state index is 11.9. The van der Waals surface area contributed by atoms with Gasteiger partial charge < -0.3 is 9.94 Å². The highest BCUT2D eigenvalue weighted by molar-refractivity contribution is 5.96. The van der Waals surface area contributed by atoms with Gasteiger partial charge in [0.15, 0.2) is 5.60 Å². The first kappa shape index (κ1) is 18.6. The summed E-state index contributed by atoms with van der Waals surface area (Å²) < 4.78 is 5.90. The average Bonchev–Trinajstić information content (AvgIpc) is 3.01. The first-order valence-electron chi connectivity index (χ1n) is 10.6. The zero-order valence-corrected chi connectivity index (χ0v) is 16.5. The number of oxime groups is 1. The number of nitrogens with zero attached hydrogens (tertiary/aromatic N) is 1. The van der Waals surface area contributed by atoms with Crippen LogP contribution in [0.1, 0.15) is 71.6 Å². The van der Waals surface area contributed by atoms with E-state index in [2.05, 4.69) is 24.1 Å². The van der Waals surface area contributed by atoms with Crippen LogP contribution in [0.25, 0.3) is 0 Å². The molecule has 0 spiro atoms. The van der Waals surface area contributed by atoms with Crippen LogP contribution in [-0.2, 0) is 9.53 Å². The Labute approximate surface area is 162 Å². The Hall–Kier alpha value is -1.76. The van der Waals surface area contributed by atoms with Crippen molar-refractivity contribution in [2.24, 2.45) is 34.2 Å².